The van der Waals surface area contributed by atoms with Crippen molar-refractivity contribution in [2.75, 3.05) is 5.32 Å². The molecule has 3 aromatic carbocycles. The van der Waals surface area contributed by atoms with Gasteiger partial charge >= 0.3 is 0 Å². The highest BCUT2D eigenvalue weighted by Crippen LogP contribution is 2.32. The monoisotopic (exact) mass is 400 g/mol. The van der Waals surface area contributed by atoms with E-state index in [1.54, 1.807) is 60.7 Å². The van der Waals surface area contributed by atoms with Gasteiger partial charge in [-0.3, -0.25) is 14.4 Å². The van der Waals surface area contributed by atoms with E-state index in [0.717, 1.165) is 5.39 Å². The van der Waals surface area contributed by atoms with Crippen molar-refractivity contribution >= 4 is 45.7 Å². The molecular formula is C23H13ClN2O3. The van der Waals surface area contributed by atoms with Gasteiger partial charge in [0.1, 0.15) is 5.69 Å². The number of aromatic nitrogens is 1. The SMILES string of the molecule is O=C(Nc1cccc2c1C(=O)c1ccccc1C2=O)c1cc2cccc(Cl)c2[nH]1. The number of ketones is 2. The molecule has 29 heavy (non-hydrogen) atoms. The van der Waals surface area contributed by atoms with Crippen LogP contribution in [0.1, 0.15) is 42.3 Å². The minimum absolute atomic E-state index is 0.207. The molecule has 1 aliphatic rings. The number of amides is 1. The predicted molar refractivity (Wildman–Crippen MR) is 111 cm³/mol. The van der Waals surface area contributed by atoms with Crippen molar-refractivity contribution < 1.29 is 14.4 Å². The minimum Gasteiger partial charge on any atom is -0.349 e. The van der Waals surface area contributed by atoms with E-state index < -0.39 is 5.91 Å². The summed E-state index contributed by atoms with van der Waals surface area (Å²) in [6.07, 6.45) is 0. The van der Waals surface area contributed by atoms with E-state index in [9.17, 15) is 14.4 Å². The van der Waals surface area contributed by atoms with Crippen LogP contribution in [0.25, 0.3) is 10.9 Å². The highest BCUT2D eigenvalue weighted by Gasteiger charge is 2.31. The number of H-pyrrole nitrogens is 1. The quantitative estimate of drug-likeness (QED) is 0.444. The average molecular weight is 401 g/mol. The molecule has 0 saturated heterocycles. The largest absolute Gasteiger partial charge is 0.349 e. The summed E-state index contributed by atoms with van der Waals surface area (Å²) in [5, 5.41) is 4.08. The summed E-state index contributed by atoms with van der Waals surface area (Å²) >= 11 is 6.17. The van der Waals surface area contributed by atoms with Crippen LogP contribution in [0.5, 0.6) is 0 Å². The van der Waals surface area contributed by atoms with Crippen LogP contribution in [-0.4, -0.2) is 22.5 Å². The van der Waals surface area contributed by atoms with E-state index in [1.165, 1.54) is 0 Å². The Balaban J connectivity index is 1.56. The van der Waals surface area contributed by atoms with Gasteiger partial charge < -0.3 is 10.3 Å². The fraction of sp³-hybridized carbons (Fsp3) is 0. The zero-order valence-electron chi connectivity index (χ0n) is 15.0. The summed E-state index contributed by atoms with van der Waals surface area (Å²) in [6.45, 7) is 0. The topological polar surface area (TPSA) is 79.0 Å². The van der Waals surface area contributed by atoms with Gasteiger partial charge in [-0.05, 0) is 18.2 Å². The molecule has 0 aliphatic heterocycles. The number of carbonyl (C=O) groups excluding carboxylic acids is 3. The number of hydrogen-bond donors (Lipinski definition) is 2. The summed E-state index contributed by atoms with van der Waals surface area (Å²) in [5.41, 5.74) is 2.47. The zero-order valence-corrected chi connectivity index (χ0v) is 15.7. The standard InChI is InChI=1S/C23H13ClN2O3/c24-16-9-3-5-12-11-18(25-20(12)16)23(29)26-17-10-4-8-15-19(17)22(28)14-7-2-1-6-13(14)21(15)27/h1-11,25H,(H,26,29). The Morgan fingerprint density at radius 3 is 2.28 bits per heavy atom. The van der Waals surface area contributed by atoms with E-state index in [1.807, 2.05) is 6.07 Å². The Morgan fingerprint density at radius 1 is 0.828 bits per heavy atom. The highest BCUT2D eigenvalue weighted by atomic mass is 35.5. The third-order valence-corrected chi connectivity index (χ3v) is 5.37. The molecule has 0 atom stereocenters. The summed E-state index contributed by atoms with van der Waals surface area (Å²) in [7, 11) is 0. The molecule has 5 nitrogen and oxygen atoms in total. The fourth-order valence-electron chi connectivity index (χ4n) is 3.68. The molecule has 0 bridgehead atoms. The zero-order chi connectivity index (χ0) is 20.1. The second-order valence-electron chi connectivity index (χ2n) is 6.77. The summed E-state index contributed by atoms with van der Waals surface area (Å²) in [4.78, 5) is 41.7. The first-order valence-corrected chi connectivity index (χ1v) is 9.32. The van der Waals surface area contributed by atoms with Crippen molar-refractivity contribution in [2.45, 2.75) is 0 Å². The Morgan fingerprint density at radius 2 is 1.52 bits per heavy atom. The number of hydrogen-bond acceptors (Lipinski definition) is 3. The van der Waals surface area contributed by atoms with Crippen LogP contribution in [0.4, 0.5) is 5.69 Å². The van der Waals surface area contributed by atoms with Gasteiger partial charge in [0.05, 0.1) is 21.8 Å². The smallest absolute Gasteiger partial charge is 0.272 e. The van der Waals surface area contributed by atoms with Gasteiger partial charge in [0.15, 0.2) is 11.6 Å². The van der Waals surface area contributed by atoms with Crippen molar-refractivity contribution in [3.63, 3.8) is 0 Å². The first kappa shape index (κ1) is 17.4. The van der Waals surface area contributed by atoms with E-state index >= 15 is 0 Å². The molecule has 0 radical (unpaired) electrons. The van der Waals surface area contributed by atoms with E-state index in [0.29, 0.717) is 33.0 Å². The number of fused-ring (bicyclic) bond motifs is 3. The molecule has 1 heterocycles. The van der Waals surface area contributed by atoms with Gasteiger partial charge in [0.2, 0.25) is 0 Å². The number of rotatable bonds is 2. The molecule has 2 N–H and O–H groups in total. The number of halogens is 1. The highest BCUT2D eigenvalue weighted by molar-refractivity contribution is 6.35. The predicted octanol–water partition coefficient (Wildman–Crippen LogP) is 4.85. The van der Waals surface area contributed by atoms with Gasteiger partial charge in [-0.15, -0.1) is 0 Å². The second kappa shape index (κ2) is 6.43. The molecule has 0 fully saturated rings. The maximum Gasteiger partial charge on any atom is 0.272 e. The van der Waals surface area contributed by atoms with E-state index in [4.69, 9.17) is 11.6 Å². The van der Waals surface area contributed by atoms with Crippen LogP contribution in [-0.2, 0) is 0 Å². The van der Waals surface area contributed by atoms with Crippen molar-refractivity contribution in [2.24, 2.45) is 0 Å². The molecule has 1 aromatic heterocycles. The lowest BCUT2D eigenvalue weighted by molar-refractivity contribution is 0.0978. The first-order valence-electron chi connectivity index (χ1n) is 8.94. The van der Waals surface area contributed by atoms with Gasteiger partial charge in [-0.2, -0.15) is 0 Å². The molecule has 4 aromatic rings. The number of benzene rings is 3. The lowest BCUT2D eigenvalue weighted by atomic mass is 9.83. The summed E-state index contributed by atoms with van der Waals surface area (Å²) in [5.74, 6) is -0.945. The van der Waals surface area contributed by atoms with Gasteiger partial charge in [-0.25, -0.2) is 0 Å². The molecule has 1 aliphatic carbocycles. The first-order chi connectivity index (χ1) is 14.0. The van der Waals surface area contributed by atoms with Gasteiger partial charge in [-0.1, -0.05) is 60.1 Å². The maximum absolute atomic E-state index is 13.0. The Labute approximate surface area is 170 Å². The molecule has 140 valence electrons. The maximum atomic E-state index is 13.0. The second-order valence-corrected chi connectivity index (χ2v) is 7.18. The number of anilines is 1. The lowest BCUT2D eigenvalue weighted by Crippen LogP contribution is -2.24. The summed E-state index contributed by atoms with van der Waals surface area (Å²) < 4.78 is 0. The normalized spacial score (nSPS) is 12.6. The molecule has 1 amide bonds. The third kappa shape index (κ3) is 2.67. The number of carbonyl (C=O) groups is 3. The van der Waals surface area contributed by atoms with Crippen LogP contribution in [0.3, 0.4) is 0 Å². The van der Waals surface area contributed by atoms with E-state index in [2.05, 4.69) is 10.3 Å². The van der Waals surface area contributed by atoms with Crippen LogP contribution >= 0.6 is 11.6 Å². The van der Waals surface area contributed by atoms with Crippen LogP contribution < -0.4 is 5.32 Å². The Kier molecular flexibility index (Phi) is 3.86. The van der Waals surface area contributed by atoms with Gasteiger partial charge in [0, 0.05) is 22.1 Å². The van der Waals surface area contributed by atoms with Gasteiger partial charge in [0.25, 0.3) is 5.91 Å². The summed E-state index contributed by atoms with van der Waals surface area (Å²) in [6, 6.07) is 18.6. The fourth-order valence-corrected chi connectivity index (χ4v) is 3.91. The van der Waals surface area contributed by atoms with Crippen molar-refractivity contribution in [3.05, 3.63) is 99.7 Å². The molecule has 6 heteroatoms. The van der Waals surface area contributed by atoms with Crippen molar-refractivity contribution in [1.29, 1.82) is 0 Å². The lowest BCUT2D eigenvalue weighted by Gasteiger charge is -2.20. The van der Waals surface area contributed by atoms with Crippen LogP contribution in [0.2, 0.25) is 5.02 Å². The molecule has 0 saturated carbocycles. The molecule has 0 unspecified atom stereocenters. The average Bonchev–Trinajstić information content (AvgIpc) is 3.18. The minimum atomic E-state index is -0.426. The molecular weight excluding hydrogens is 388 g/mol. The number of para-hydroxylation sites is 1. The van der Waals surface area contributed by atoms with Crippen molar-refractivity contribution in [1.82, 2.24) is 4.98 Å². The van der Waals surface area contributed by atoms with Crippen molar-refractivity contribution in [3.8, 4) is 0 Å². The Bertz CT molecular complexity index is 1350. The van der Waals surface area contributed by atoms with E-state index in [-0.39, 0.29) is 22.7 Å². The number of aromatic amines is 1. The van der Waals surface area contributed by atoms with Crippen LogP contribution in [0.15, 0.2) is 66.7 Å². The Hall–Kier alpha value is -3.70. The number of nitrogens with one attached hydrogen (secondary N) is 2. The third-order valence-electron chi connectivity index (χ3n) is 5.05. The van der Waals surface area contributed by atoms with Crippen LogP contribution in [0, 0.1) is 0 Å². The molecule has 0 spiro atoms. The molecule has 5 rings (SSSR count).